The van der Waals surface area contributed by atoms with Crippen LogP contribution in [0.4, 0.5) is 5.69 Å². The van der Waals surface area contributed by atoms with Crippen LogP contribution in [0, 0.1) is 0 Å². The first-order valence-corrected chi connectivity index (χ1v) is 12.1. The van der Waals surface area contributed by atoms with E-state index in [0.717, 1.165) is 25.7 Å². The highest BCUT2D eigenvalue weighted by Gasteiger charge is 2.28. The van der Waals surface area contributed by atoms with E-state index in [9.17, 15) is 18.0 Å². The maximum absolute atomic E-state index is 12.9. The second-order valence-electron chi connectivity index (χ2n) is 7.54. The van der Waals surface area contributed by atoms with Crippen LogP contribution < -0.4 is 10.6 Å². The summed E-state index contributed by atoms with van der Waals surface area (Å²) in [7, 11) is -2.01. The van der Waals surface area contributed by atoms with Gasteiger partial charge in [-0.2, -0.15) is 4.31 Å². The van der Waals surface area contributed by atoms with Gasteiger partial charge in [0.2, 0.25) is 10.0 Å². The first-order valence-electron chi connectivity index (χ1n) is 10.3. The quantitative estimate of drug-likeness (QED) is 0.654. The molecule has 2 N–H and O–H groups in total. The molecule has 0 unspecified atom stereocenters. The van der Waals surface area contributed by atoms with Gasteiger partial charge in [-0.3, -0.25) is 9.59 Å². The highest BCUT2D eigenvalue weighted by Crippen LogP contribution is 2.24. The second-order valence-corrected chi connectivity index (χ2v) is 9.89. The molecule has 8 nitrogen and oxygen atoms in total. The molecule has 1 aliphatic rings. The van der Waals surface area contributed by atoms with Gasteiger partial charge in [0.25, 0.3) is 11.8 Å². The van der Waals surface area contributed by atoms with Gasteiger partial charge in [0, 0.05) is 38.6 Å². The maximum Gasteiger partial charge on any atom is 0.272 e. The first-order chi connectivity index (χ1) is 14.7. The monoisotopic (exact) mass is 466 g/mol. The maximum atomic E-state index is 12.9. The molecule has 2 heterocycles. The molecule has 0 bridgehead atoms. The zero-order chi connectivity index (χ0) is 22.6. The van der Waals surface area contributed by atoms with Crippen molar-refractivity contribution in [3.05, 3.63) is 46.7 Å². The standard InChI is InChI=1S/C21H27ClN4O4S/c1-3-9-23-20(27)17-8-7-15(12-18(17)22)24-21(28)19-13-16(14-25(19)2)31(29,30)26-10-5-4-6-11-26/h7-8,12-14H,3-6,9-11H2,1-2H3,(H,23,27)(H,24,28). The van der Waals surface area contributed by atoms with E-state index in [0.29, 0.717) is 30.9 Å². The number of halogens is 1. The summed E-state index contributed by atoms with van der Waals surface area (Å²) < 4.78 is 28.7. The molecule has 1 aliphatic heterocycles. The van der Waals surface area contributed by atoms with E-state index in [2.05, 4.69) is 10.6 Å². The zero-order valence-electron chi connectivity index (χ0n) is 17.7. The summed E-state index contributed by atoms with van der Waals surface area (Å²) in [6.07, 6.45) is 4.96. The highest BCUT2D eigenvalue weighted by molar-refractivity contribution is 7.89. The van der Waals surface area contributed by atoms with Gasteiger partial charge in [-0.05, 0) is 43.5 Å². The minimum absolute atomic E-state index is 0.100. The lowest BCUT2D eigenvalue weighted by Crippen LogP contribution is -2.35. The predicted octanol–water partition coefficient (Wildman–Crippen LogP) is 3.25. The molecule has 168 valence electrons. The molecule has 31 heavy (non-hydrogen) atoms. The van der Waals surface area contributed by atoms with Gasteiger partial charge in [0.05, 0.1) is 10.6 Å². The van der Waals surface area contributed by atoms with E-state index in [1.807, 2.05) is 6.92 Å². The number of hydrogen-bond donors (Lipinski definition) is 2. The number of aromatic nitrogens is 1. The summed E-state index contributed by atoms with van der Waals surface area (Å²) in [6, 6.07) is 6.00. The van der Waals surface area contributed by atoms with Crippen LogP contribution in [0.15, 0.2) is 35.4 Å². The fourth-order valence-electron chi connectivity index (χ4n) is 3.46. The number of amides is 2. The van der Waals surface area contributed by atoms with E-state index < -0.39 is 15.9 Å². The third-order valence-electron chi connectivity index (χ3n) is 5.17. The Morgan fingerprint density at radius 1 is 1.10 bits per heavy atom. The van der Waals surface area contributed by atoms with Gasteiger partial charge in [-0.15, -0.1) is 0 Å². The number of nitrogens with one attached hydrogen (secondary N) is 2. The lowest BCUT2D eigenvalue weighted by molar-refractivity contribution is 0.0953. The Labute approximate surface area is 187 Å². The molecule has 1 fully saturated rings. The Morgan fingerprint density at radius 3 is 2.45 bits per heavy atom. The van der Waals surface area contributed by atoms with E-state index in [4.69, 9.17) is 11.6 Å². The summed E-state index contributed by atoms with van der Waals surface area (Å²) in [4.78, 5) is 25.0. The number of hydrogen-bond acceptors (Lipinski definition) is 4. The van der Waals surface area contributed by atoms with E-state index in [1.165, 1.54) is 27.2 Å². The fraction of sp³-hybridized carbons (Fsp3) is 0.429. The lowest BCUT2D eigenvalue weighted by atomic mass is 10.2. The van der Waals surface area contributed by atoms with Crippen molar-refractivity contribution in [3.63, 3.8) is 0 Å². The zero-order valence-corrected chi connectivity index (χ0v) is 19.2. The van der Waals surface area contributed by atoms with Crippen molar-refractivity contribution < 1.29 is 18.0 Å². The van der Waals surface area contributed by atoms with Crippen LogP contribution in [0.5, 0.6) is 0 Å². The molecular weight excluding hydrogens is 440 g/mol. The number of rotatable bonds is 7. The van der Waals surface area contributed by atoms with Gasteiger partial charge in [-0.1, -0.05) is 24.9 Å². The Morgan fingerprint density at radius 2 is 1.81 bits per heavy atom. The molecule has 0 radical (unpaired) electrons. The fourth-order valence-corrected chi connectivity index (χ4v) is 5.32. The number of sulfonamides is 1. The van der Waals surface area contributed by atoms with E-state index in [1.54, 1.807) is 19.2 Å². The molecule has 0 atom stereocenters. The number of aryl methyl sites for hydroxylation is 1. The smallest absolute Gasteiger partial charge is 0.272 e. The van der Waals surface area contributed by atoms with Crippen molar-refractivity contribution in [2.45, 2.75) is 37.5 Å². The summed E-state index contributed by atoms with van der Waals surface area (Å²) in [5, 5.41) is 5.68. The average Bonchev–Trinajstić information content (AvgIpc) is 3.15. The summed E-state index contributed by atoms with van der Waals surface area (Å²) in [5.74, 6) is -0.749. The molecule has 1 aromatic heterocycles. The Kier molecular flexibility index (Phi) is 7.40. The molecule has 2 aromatic rings. The average molecular weight is 467 g/mol. The van der Waals surface area contributed by atoms with Crippen molar-refractivity contribution in [1.82, 2.24) is 14.2 Å². The number of benzene rings is 1. The highest BCUT2D eigenvalue weighted by atomic mass is 35.5. The number of carbonyl (C=O) groups excluding carboxylic acids is 2. The molecule has 1 aromatic carbocycles. The number of anilines is 1. The normalized spacial score (nSPS) is 14.9. The van der Waals surface area contributed by atoms with Crippen LogP contribution in [-0.4, -0.2) is 48.7 Å². The largest absolute Gasteiger partial charge is 0.352 e. The molecule has 10 heteroatoms. The van der Waals surface area contributed by atoms with Gasteiger partial charge in [0.1, 0.15) is 10.6 Å². The number of carbonyl (C=O) groups is 2. The molecular formula is C21H27ClN4O4S. The van der Waals surface area contributed by atoms with Crippen LogP contribution in [0.3, 0.4) is 0 Å². The van der Waals surface area contributed by atoms with Crippen LogP contribution in [0.25, 0.3) is 0 Å². The van der Waals surface area contributed by atoms with Crippen molar-refractivity contribution in [2.75, 3.05) is 25.0 Å². The molecule has 0 saturated carbocycles. The minimum atomic E-state index is -3.63. The predicted molar refractivity (Wildman–Crippen MR) is 120 cm³/mol. The molecule has 2 amide bonds. The van der Waals surface area contributed by atoms with E-state index >= 15 is 0 Å². The van der Waals surface area contributed by atoms with Gasteiger partial charge >= 0.3 is 0 Å². The SMILES string of the molecule is CCCNC(=O)c1ccc(NC(=O)c2cc(S(=O)(=O)N3CCCCC3)cn2C)cc1Cl. The van der Waals surface area contributed by atoms with E-state index in [-0.39, 0.29) is 21.5 Å². The second kappa shape index (κ2) is 9.84. The van der Waals surface area contributed by atoms with Crippen molar-refractivity contribution in [1.29, 1.82) is 0 Å². The molecule has 1 saturated heterocycles. The lowest BCUT2D eigenvalue weighted by Gasteiger charge is -2.25. The van der Waals surface area contributed by atoms with Crippen molar-refractivity contribution in [3.8, 4) is 0 Å². The van der Waals surface area contributed by atoms with Crippen LogP contribution in [0.1, 0.15) is 53.5 Å². The Hall–Kier alpha value is -2.36. The number of nitrogens with zero attached hydrogens (tertiary/aromatic N) is 2. The third-order valence-corrected chi connectivity index (χ3v) is 7.35. The topological polar surface area (TPSA) is 101 Å². The van der Waals surface area contributed by atoms with Gasteiger partial charge in [0.15, 0.2) is 0 Å². The summed E-state index contributed by atoms with van der Waals surface area (Å²) in [6.45, 7) is 3.49. The molecule has 0 aliphatic carbocycles. The van der Waals surface area contributed by atoms with Crippen LogP contribution >= 0.6 is 11.6 Å². The number of piperidine rings is 1. The molecule has 0 spiro atoms. The van der Waals surface area contributed by atoms with Crippen LogP contribution in [-0.2, 0) is 17.1 Å². The van der Waals surface area contributed by atoms with Crippen molar-refractivity contribution in [2.24, 2.45) is 7.05 Å². The first kappa shape index (κ1) is 23.3. The third kappa shape index (κ3) is 5.28. The Balaban J connectivity index is 1.75. The van der Waals surface area contributed by atoms with Gasteiger partial charge < -0.3 is 15.2 Å². The minimum Gasteiger partial charge on any atom is -0.352 e. The van der Waals surface area contributed by atoms with Crippen LogP contribution in [0.2, 0.25) is 5.02 Å². The summed E-state index contributed by atoms with van der Waals surface area (Å²) >= 11 is 6.21. The van der Waals surface area contributed by atoms with Crippen molar-refractivity contribution >= 4 is 39.1 Å². The Bertz CT molecular complexity index is 1080. The van der Waals surface area contributed by atoms with Gasteiger partial charge in [-0.25, -0.2) is 8.42 Å². The molecule has 3 rings (SSSR count). The summed E-state index contributed by atoms with van der Waals surface area (Å²) in [5.41, 5.74) is 0.932.